The van der Waals surface area contributed by atoms with Crippen LogP contribution in [0.4, 0.5) is 5.69 Å². The fourth-order valence-corrected chi connectivity index (χ4v) is 15.3. The van der Waals surface area contributed by atoms with Crippen molar-refractivity contribution in [3.05, 3.63) is 308 Å². The van der Waals surface area contributed by atoms with Crippen LogP contribution in [0.25, 0.3) is 170 Å². The monoisotopic (exact) mass is 1140 g/mol. The zero-order chi connectivity index (χ0) is 59.3. The highest BCUT2D eigenvalue weighted by molar-refractivity contribution is 6.24. The van der Waals surface area contributed by atoms with E-state index in [1.54, 1.807) is 6.07 Å². The Balaban J connectivity index is 1.24. The summed E-state index contributed by atoms with van der Waals surface area (Å²) in [4.78, 5) is 4.21. The summed E-state index contributed by atoms with van der Waals surface area (Å²) in [7, 11) is 0. The lowest BCUT2D eigenvalue weighted by Gasteiger charge is -2.32. The molecule has 6 heterocycles. The maximum absolute atomic E-state index is 11.4. The van der Waals surface area contributed by atoms with Crippen molar-refractivity contribution >= 4 is 126 Å². The molecule has 0 atom stereocenters. The molecule has 19 rings (SSSR count). The molecule has 6 aromatic heterocycles. The summed E-state index contributed by atoms with van der Waals surface area (Å²) < 4.78 is 15.2. The number of nitriles is 1. The van der Waals surface area contributed by atoms with Crippen molar-refractivity contribution in [3.63, 3.8) is 0 Å². The van der Waals surface area contributed by atoms with E-state index < -0.39 is 0 Å². The lowest BCUT2D eigenvalue weighted by molar-refractivity contribution is 0.984. The van der Waals surface area contributed by atoms with Gasteiger partial charge in [-0.1, -0.05) is 200 Å². The van der Waals surface area contributed by atoms with E-state index in [-0.39, 0.29) is 0 Å². The van der Waals surface area contributed by atoms with Gasteiger partial charge in [0.2, 0.25) is 0 Å². The lowest BCUT2D eigenvalue weighted by atomic mass is 9.93. The Morgan fingerprint density at radius 2 is 0.556 bits per heavy atom. The predicted octanol–water partition coefficient (Wildman–Crippen LogP) is 21.2. The van der Waals surface area contributed by atoms with E-state index in [9.17, 15) is 5.26 Å². The van der Waals surface area contributed by atoms with Crippen molar-refractivity contribution < 1.29 is 0 Å². The van der Waals surface area contributed by atoms with Crippen molar-refractivity contribution in [2.45, 2.75) is 0 Å². The van der Waals surface area contributed by atoms with Crippen LogP contribution in [0, 0.1) is 17.9 Å². The van der Waals surface area contributed by atoms with E-state index in [2.05, 4.69) is 311 Å². The molecule has 90 heavy (non-hydrogen) atoms. The van der Waals surface area contributed by atoms with Crippen LogP contribution in [-0.2, 0) is 0 Å². The molecule has 416 valence electrons. The summed E-state index contributed by atoms with van der Waals surface area (Å²) in [5, 5.41) is 23.5. The number of hydrogen-bond donors (Lipinski definition) is 0. The van der Waals surface area contributed by atoms with Gasteiger partial charge in [-0.05, 0) is 96.6 Å². The van der Waals surface area contributed by atoms with E-state index in [0.29, 0.717) is 16.8 Å². The minimum atomic E-state index is 0.358. The van der Waals surface area contributed by atoms with Gasteiger partial charge in [-0.15, -0.1) is 0 Å². The third-order valence-corrected chi connectivity index (χ3v) is 18.8. The maximum Gasteiger partial charge on any atom is 0.189 e. The number of para-hydroxylation sites is 11. The maximum atomic E-state index is 11.4. The Labute approximate surface area is 515 Å². The van der Waals surface area contributed by atoms with Gasteiger partial charge in [-0.2, -0.15) is 5.26 Å². The van der Waals surface area contributed by atoms with Gasteiger partial charge in [0.15, 0.2) is 5.69 Å². The minimum absolute atomic E-state index is 0.358. The molecule has 0 saturated heterocycles. The van der Waals surface area contributed by atoms with Crippen LogP contribution >= 0.6 is 0 Å². The molecule has 0 N–H and O–H groups in total. The van der Waals surface area contributed by atoms with E-state index in [4.69, 9.17) is 6.57 Å². The van der Waals surface area contributed by atoms with Crippen molar-refractivity contribution in [1.29, 1.82) is 5.26 Å². The van der Waals surface area contributed by atoms with Gasteiger partial charge in [0.1, 0.15) is 11.3 Å². The van der Waals surface area contributed by atoms with Gasteiger partial charge in [0.05, 0.1) is 90.6 Å². The second-order valence-corrected chi connectivity index (χ2v) is 23.3. The molecule has 0 radical (unpaired) electrons. The van der Waals surface area contributed by atoms with E-state index in [1.165, 1.54) is 0 Å². The molecule has 0 aliphatic carbocycles. The summed E-state index contributed by atoms with van der Waals surface area (Å²) in [6.45, 7) is 8.88. The van der Waals surface area contributed by atoms with Crippen LogP contribution in [0.2, 0.25) is 0 Å². The van der Waals surface area contributed by atoms with Crippen molar-refractivity contribution in [2.24, 2.45) is 0 Å². The molecule has 0 fully saturated rings. The Morgan fingerprint density at radius 3 is 0.889 bits per heavy atom. The third kappa shape index (κ3) is 6.71. The molecule has 8 heteroatoms. The van der Waals surface area contributed by atoms with Gasteiger partial charge >= 0.3 is 0 Å². The van der Waals surface area contributed by atoms with Crippen LogP contribution in [0.3, 0.4) is 0 Å². The van der Waals surface area contributed by atoms with E-state index in [1.807, 2.05) is 12.1 Å². The van der Waals surface area contributed by atoms with E-state index >= 15 is 0 Å². The number of aromatic nitrogens is 6. The molecule has 0 aliphatic heterocycles. The van der Waals surface area contributed by atoms with Crippen LogP contribution < -0.4 is 0 Å². The van der Waals surface area contributed by atoms with Crippen molar-refractivity contribution in [2.75, 3.05) is 0 Å². The number of hydrogen-bond acceptors (Lipinski definition) is 1. The Morgan fingerprint density at radius 1 is 0.278 bits per heavy atom. The minimum Gasteiger partial charge on any atom is -0.306 e. The summed E-state index contributed by atoms with van der Waals surface area (Å²) in [6.07, 6.45) is 0. The second-order valence-electron chi connectivity index (χ2n) is 23.3. The molecule has 13 aromatic carbocycles. The number of nitrogens with zero attached hydrogens (tertiary/aromatic N) is 8. The highest BCUT2D eigenvalue weighted by atomic mass is 15.2. The highest BCUT2D eigenvalue weighted by Gasteiger charge is 2.38. The third-order valence-electron chi connectivity index (χ3n) is 18.8. The van der Waals surface area contributed by atoms with Gasteiger partial charge < -0.3 is 18.3 Å². The molecule has 0 spiro atoms. The molecule has 0 unspecified atom stereocenters. The van der Waals surface area contributed by atoms with Gasteiger partial charge in [0.25, 0.3) is 0 Å². The molecule has 0 saturated carbocycles. The Kier molecular flexibility index (Phi) is 10.4. The lowest BCUT2D eigenvalue weighted by Crippen LogP contribution is -2.19. The normalized spacial score (nSPS) is 12.0. The molecular weight excluding hydrogens is 1100 g/mol. The predicted molar refractivity (Wildman–Crippen MR) is 371 cm³/mol. The first-order valence-electron chi connectivity index (χ1n) is 30.4. The molecule has 0 bridgehead atoms. The van der Waals surface area contributed by atoms with Crippen LogP contribution in [0.5, 0.6) is 0 Å². The number of rotatable bonds is 7. The standard InChI is InChI=1S/C82H48N8/c1-84-53-48-51(50-83)47-52(49-53)75-77(86-65-37-15-5-27-55(65)56-28-6-16-38-66(56)86)79(88-69-41-19-9-31-59(69)60-32-10-20-42-70(60)88)81(90-74-46-24-14-36-64(74)76-63-35-13-23-45-73(63)85(82(76)90)54-25-3-2-4-26-54)80(89-71-43-21-11-33-61(71)62-34-12-22-44-72(62)89)78(75)87-67-39-17-7-29-57(67)58-30-8-18-40-68(58)87/h2-49H. The molecule has 8 nitrogen and oxygen atoms in total. The quantitative estimate of drug-likeness (QED) is 0.147. The largest absolute Gasteiger partial charge is 0.306 e. The highest BCUT2D eigenvalue weighted by Crippen LogP contribution is 2.55. The van der Waals surface area contributed by atoms with Gasteiger partial charge in [-0.25, -0.2) is 4.85 Å². The summed E-state index contributed by atoms with van der Waals surface area (Å²) in [6, 6.07) is 107. The Bertz CT molecular complexity index is 5880. The first-order valence-corrected chi connectivity index (χ1v) is 30.4. The van der Waals surface area contributed by atoms with Crippen molar-refractivity contribution in [1.82, 2.24) is 27.4 Å². The molecular formula is C82H48N8. The fraction of sp³-hybridized carbons (Fsp3) is 0. The fourth-order valence-electron chi connectivity index (χ4n) is 15.3. The molecule has 0 amide bonds. The average Bonchev–Trinajstić information content (AvgIpc) is 1.47. The number of benzene rings is 13. The van der Waals surface area contributed by atoms with Crippen LogP contribution in [0.15, 0.2) is 291 Å². The van der Waals surface area contributed by atoms with Crippen molar-refractivity contribution in [3.8, 4) is 51.3 Å². The van der Waals surface area contributed by atoms with Crippen LogP contribution in [0.1, 0.15) is 5.56 Å². The van der Waals surface area contributed by atoms with Crippen LogP contribution in [-0.4, -0.2) is 27.4 Å². The first kappa shape index (κ1) is 49.6. The summed E-state index contributed by atoms with van der Waals surface area (Å²) >= 11 is 0. The molecule has 0 aliphatic rings. The SMILES string of the molecule is [C-]#[N+]c1cc(C#N)cc(-c2c(-n3c4ccccc4c4ccccc43)c(-n3c4ccccc4c4ccccc43)c(-n3c4ccccc4c4c5ccccc5n(-c5ccccc5)c43)c(-n3c4ccccc4c4ccccc43)c2-n2c3ccccc3c3ccccc32)c1. The zero-order valence-corrected chi connectivity index (χ0v) is 48.3. The smallest absolute Gasteiger partial charge is 0.189 e. The van der Waals surface area contributed by atoms with E-state index in [0.717, 1.165) is 160 Å². The second kappa shape index (κ2) is 18.9. The average molecular weight is 1150 g/mol. The van der Waals surface area contributed by atoms with Gasteiger partial charge in [0, 0.05) is 76.1 Å². The van der Waals surface area contributed by atoms with Gasteiger partial charge in [-0.3, -0.25) is 9.13 Å². The number of fused-ring (bicyclic) bond motifs is 17. The topological polar surface area (TPSA) is 57.7 Å². The summed E-state index contributed by atoms with van der Waals surface area (Å²) in [5.74, 6) is 0. The first-order chi connectivity index (χ1) is 44.7. The summed E-state index contributed by atoms with van der Waals surface area (Å²) in [5.41, 5.74) is 18.8. The molecule has 19 aromatic rings. The Hall–Kier alpha value is -12.6. The zero-order valence-electron chi connectivity index (χ0n) is 48.3.